The Balaban J connectivity index is 1.81. The van der Waals surface area contributed by atoms with Crippen LogP contribution >= 0.6 is 0 Å². The molecule has 1 aromatic rings. The van der Waals surface area contributed by atoms with Crippen LogP contribution in [0.25, 0.3) is 0 Å². The van der Waals surface area contributed by atoms with Gasteiger partial charge in [-0.15, -0.1) is 0 Å². The maximum absolute atomic E-state index is 12.4. The largest absolute Gasteiger partial charge is 0.494 e. The summed E-state index contributed by atoms with van der Waals surface area (Å²) in [7, 11) is 0. The van der Waals surface area contributed by atoms with Gasteiger partial charge >= 0.3 is 6.09 Å². The molecule has 1 aromatic carbocycles. The standard InChI is InChI=1S/C19H28N2O4/c1-5-24-16-8-6-15(7-9-16)14-17(22)20-10-12-21(13-11-20)18(23)25-19(2,3)4/h6-9H,5,10-14H2,1-4H3. The molecular weight excluding hydrogens is 320 g/mol. The van der Waals surface area contributed by atoms with Crippen LogP contribution < -0.4 is 4.74 Å². The van der Waals surface area contributed by atoms with E-state index >= 15 is 0 Å². The summed E-state index contributed by atoms with van der Waals surface area (Å²) in [5.41, 5.74) is 0.459. The number of hydrogen-bond acceptors (Lipinski definition) is 4. The Bertz CT molecular complexity index is 584. The molecule has 0 bridgehead atoms. The molecule has 25 heavy (non-hydrogen) atoms. The summed E-state index contributed by atoms with van der Waals surface area (Å²) >= 11 is 0. The van der Waals surface area contributed by atoms with Crippen molar-refractivity contribution in [3.8, 4) is 5.75 Å². The van der Waals surface area contributed by atoms with Crippen LogP contribution in [0.2, 0.25) is 0 Å². The van der Waals surface area contributed by atoms with Gasteiger partial charge in [0.05, 0.1) is 13.0 Å². The number of carbonyl (C=O) groups is 2. The zero-order valence-electron chi connectivity index (χ0n) is 15.6. The molecule has 6 nitrogen and oxygen atoms in total. The van der Waals surface area contributed by atoms with Crippen LogP contribution in [0.3, 0.4) is 0 Å². The van der Waals surface area contributed by atoms with E-state index < -0.39 is 5.60 Å². The summed E-state index contributed by atoms with van der Waals surface area (Å²) in [6, 6.07) is 7.60. The van der Waals surface area contributed by atoms with Crippen molar-refractivity contribution in [2.45, 2.75) is 39.7 Å². The normalized spacial score (nSPS) is 15.0. The molecule has 0 N–H and O–H groups in total. The summed E-state index contributed by atoms with van der Waals surface area (Å²) in [4.78, 5) is 28.0. The van der Waals surface area contributed by atoms with Gasteiger partial charge < -0.3 is 19.3 Å². The van der Waals surface area contributed by atoms with Gasteiger partial charge in [0, 0.05) is 26.2 Å². The van der Waals surface area contributed by atoms with E-state index in [0.29, 0.717) is 39.2 Å². The molecule has 1 heterocycles. The van der Waals surface area contributed by atoms with Gasteiger partial charge in [-0.1, -0.05) is 12.1 Å². The number of benzene rings is 1. The number of carbonyl (C=O) groups excluding carboxylic acids is 2. The first-order valence-electron chi connectivity index (χ1n) is 8.76. The van der Waals surface area contributed by atoms with Gasteiger partial charge in [-0.05, 0) is 45.4 Å². The predicted octanol–water partition coefficient (Wildman–Crippen LogP) is 2.71. The van der Waals surface area contributed by atoms with Gasteiger partial charge in [0.1, 0.15) is 11.4 Å². The lowest BCUT2D eigenvalue weighted by Crippen LogP contribution is -2.51. The predicted molar refractivity (Wildman–Crippen MR) is 95.7 cm³/mol. The first kappa shape index (κ1) is 19.1. The summed E-state index contributed by atoms with van der Waals surface area (Å²) in [6.07, 6.45) is 0.0462. The Labute approximate surface area is 149 Å². The summed E-state index contributed by atoms with van der Waals surface area (Å²) in [5.74, 6) is 0.887. The smallest absolute Gasteiger partial charge is 0.410 e. The van der Waals surface area contributed by atoms with E-state index in [4.69, 9.17) is 9.47 Å². The zero-order chi connectivity index (χ0) is 18.4. The number of piperazine rings is 1. The average molecular weight is 348 g/mol. The van der Waals surface area contributed by atoms with Crippen molar-refractivity contribution < 1.29 is 19.1 Å². The second kappa shape index (κ2) is 8.23. The van der Waals surface area contributed by atoms with Gasteiger partial charge in [-0.25, -0.2) is 4.79 Å². The highest BCUT2D eigenvalue weighted by molar-refractivity contribution is 5.79. The third-order valence-electron chi connectivity index (χ3n) is 3.87. The molecule has 0 aliphatic carbocycles. The molecule has 1 aliphatic heterocycles. The third-order valence-corrected chi connectivity index (χ3v) is 3.87. The Hall–Kier alpha value is -2.24. The van der Waals surface area contributed by atoms with E-state index in [1.54, 1.807) is 9.80 Å². The Morgan fingerprint density at radius 2 is 1.56 bits per heavy atom. The van der Waals surface area contributed by atoms with Crippen molar-refractivity contribution in [2.75, 3.05) is 32.8 Å². The first-order valence-corrected chi connectivity index (χ1v) is 8.76. The monoisotopic (exact) mass is 348 g/mol. The fourth-order valence-corrected chi connectivity index (χ4v) is 2.62. The van der Waals surface area contributed by atoms with Crippen molar-refractivity contribution in [3.63, 3.8) is 0 Å². The van der Waals surface area contributed by atoms with Crippen molar-refractivity contribution in [1.82, 2.24) is 9.80 Å². The Kier molecular flexibility index (Phi) is 6.28. The van der Waals surface area contributed by atoms with E-state index in [1.807, 2.05) is 52.0 Å². The first-order chi connectivity index (χ1) is 11.8. The second-order valence-corrected chi connectivity index (χ2v) is 7.10. The van der Waals surface area contributed by atoms with Crippen LogP contribution in [0.4, 0.5) is 4.79 Å². The van der Waals surface area contributed by atoms with Crippen LogP contribution in [-0.4, -0.2) is 60.2 Å². The van der Waals surface area contributed by atoms with Gasteiger partial charge in [0.15, 0.2) is 0 Å². The van der Waals surface area contributed by atoms with Gasteiger partial charge in [0.25, 0.3) is 0 Å². The summed E-state index contributed by atoms with van der Waals surface area (Å²) < 4.78 is 10.8. The fraction of sp³-hybridized carbons (Fsp3) is 0.579. The zero-order valence-corrected chi connectivity index (χ0v) is 15.6. The highest BCUT2D eigenvalue weighted by Crippen LogP contribution is 2.15. The maximum Gasteiger partial charge on any atom is 0.410 e. The SMILES string of the molecule is CCOc1ccc(CC(=O)N2CCN(C(=O)OC(C)(C)C)CC2)cc1. The molecule has 0 atom stereocenters. The van der Waals surface area contributed by atoms with Gasteiger partial charge in [-0.3, -0.25) is 4.79 Å². The topological polar surface area (TPSA) is 59.1 Å². The highest BCUT2D eigenvalue weighted by atomic mass is 16.6. The van der Waals surface area contributed by atoms with E-state index in [-0.39, 0.29) is 12.0 Å². The maximum atomic E-state index is 12.4. The fourth-order valence-electron chi connectivity index (χ4n) is 2.62. The minimum atomic E-state index is -0.502. The molecule has 0 radical (unpaired) electrons. The molecule has 0 saturated carbocycles. The number of hydrogen-bond donors (Lipinski definition) is 0. The van der Waals surface area contributed by atoms with Gasteiger partial charge in [0.2, 0.25) is 5.91 Å². The summed E-state index contributed by atoms with van der Waals surface area (Å²) in [6.45, 7) is 10.2. The molecule has 2 rings (SSSR count). The van der Waals surface area contributed by atoms with E-state index in [9.17, 15) is 9.59 Å². The van der Waals surface area contributed by atoms with Crippen LogP contribution in [0.5, 0.6) is 5.75 Å². The van der Waals surface area contributed by atoms with Gasteiger partial charge in [-0.2, -0.15) is 0 Å². The van der Waals surface area contributed by atoms with Crippen LogP contribution in [0.1, 0.15) is 33.3 Å². The molecule has 0 aromatic heterocycles. The molecule has 2 amide bonds. The number of nitrogens with zero attached hydrogens (tertiary/aromatic N) is 2. The molecular formula is C19H28N2O4. The van der Waals surface area contributed by atoms with Crippen molar-refractivity contribution in [1.29, 1.82) is 0 Å². The molecule has 138 valence electrons. The number of amides is 2. The quantitative estimate of drug-likeness (QED) is 0.839. The second-order valence-electron chi connectivity index (χ2n) is 7.10. The molecule has 1 fully saturated rings. The van der Waals surface area contributed by atoms with E-state index in [0.717, 1.165) is 11.3 Å². The van der Waals surface area contributed by atoms with Crippen LogP contribution in [0, 0.1) is 0 Å². The van der Waals surface area contributed by atoms with Crippen LogP contribution in [0.15, 0.2) is 24.3 Å². The van der Waals surface area contributed by atoms with Crippen molar-refractivity contribution in [2.24, 2.45) is 0 Å². The van der Waals surface area contributed by atoms with E-state index in [1.165, 1.54) is 0 Å². The minimum Gasteiger partial charge on any atom is -0.494 e. The Morgan fingerprint density at radius 3 is 2.08 bits per heavy atom. The van der Waals surface area contributed by atoms with E-state index in [2.05, 4.69) is 0 Å². The minimum absolute atomic E-state index is 0.0769. The highest BCUT2D eigenvalue weighted by Gasteiger charge is 2.27. The van der Waals surface area contributed by atoms with Crippen molar-refractivity contribution in [3.05, 3.63) is 29.8 Å². The lowest BCUT2D eigenvalue weighted by Gasteiger charge is -2.35. The third kappa shape index (κ3) is 5.96. The summed E-state index contributed by atoms with van der Waals surface area (Å²) in [5, 5.41) is 0. The molecule has 1 aliphatic rings. The molecule has 0 unspecified atom stereocenters. The molecule has 6 heteroatoms. The van der Waals surface area contributed by atoms with Crippen LogP contribution in [-0.2, 0) is 16.0 Å². The number of rotatable bonds is 4. The Morgan fingerprint density at radius 1 is 1.00 bits per heavy atom. The molecule has 0 spiro atoms. The molecule has 1 saturated heterocycles. The van der Waals surface area contributed by atoms with Crippen molar-refractivity contribution >= 4 is 12.0 Å². The lowest BCUT2D eigenvalue weighted by molar-refractivity contribution is -0.132. The lowest BCUT2D eigenvalue weighted by atomic mass is 10.1. The number of ether oxygens (including phenoxy) is 2. The average Bonchev–Trinajstić information content (AvgIpc) is 2.55.